The number of nitrogens with one attached hydrogen (secondary N) is 1. The number of likely N-dealkylation sites (N-methyl/N-ethyl adjacent to an activating group) is 1. The molecular weight excluding hydrogens is 349 g/mol. The molecule has 2 aromatic rings. The summed E-state index contributed by atoms with van der Waals surface area (Å²) in [5.74, 6) is 0.871. The van der Waals surface area contributed by atoms with Gasteiger partial charge in [0.2, 0.25) is 0 Å². The number of rotatable bonds is 4. The fourth-order valence-corrected chi connectivity index (χ4v) is 2.23. The van der Waals surface area contributed by atoms with Crippen LogP contribution in [0.1, 0.15) is 17.4 Å². The molecule has 0 spiro atoms. The average Bonchev–Trinajstić information content (AvgIpc) is 2.75. The van der Waals surface area contributed by atoms with Crippen LogP contribution in [0.4, 0.5) is 0 Å². The Kier molecular flexibility index (Phi) is 4.48. The van der Waals surface area contributed by atoms with Crippen molar-refractivity contribution in [3.05, 3.63) is 56.5 Å². The van der Waals surface area contributed by atoms with Crippen molar-refractivity contribution >= 4 is 34.2 Å². The Balaban J connectivity index is 2.12. The van der Waals surface area contributed by atoms with Gasteiger partial charge in [-0.05, 0) is 77.5 Å². The van der Waals surface area contributed by atoms with E-state index in [1.165, 1.54) is 9.13 Å². The number of hydrogen-bond acceptors (Lipinski definition) is 2. The van der Waals surface area contributed by atoms with Gasteiger partial charge in [-0.15, -0.1) is 0 Å². The molecule has 0 radical (unpaired) electrons. The van der Waals surface area contributed by atoms with Gasteiger partial charge < -0.3 is 9.73 Å². The molecular formula is C13H13ClINO. The molecule has 4 heteroatoms. The minimum absolute atomic E-state index is 0.155. The van der Waals surface area contributed by atoms with E-state index in [0.29, 0.717) is 5.22 Å². The van der Waals surface area contributed by atoms with Crippen LogP contribution >= 0.6 is 34.2 Å². The molecule has 1 aromatic carbocycles. The van der Waals surface area contributed by atoms with Crippen molar-refractivity contribution in [2.24, 2.45) is 0 Å². The lowest BCUT2D eigenvalue weighted by Crippen LogP contribution is -2.18. The lowest BCUT2D eigenvalue weighted by atomic mass is 10.0. The highest BCUT2D eigenvalue weighted by molar-refractivity contribution is 14.1. The van der Waals surface area contributed by atoms with E-state index in [1.807, 2.05) is 13.1 Å². The highest BCUT2D eigenvalue weighted by Crippen LogP contribution is 2.23. The third-order valence-electron chi connectivity index (χ3n) is 2.64. The number of halogens is 2. The molecule has 0 fully saturated rings. The summed E-state index contributed by atoms with van der Waals surface area (Å²) in [6.45, 7) is 0. The van der Waals surface area contributed by atoms with Gasteiger partial charge in [-0.2, -0.15) is 0 Å². The van der Waals surface area contributed by atoms with Crippen molar-refractivity contribution in [3.63, 3.8) is 0 Å². The Morgan fingerprint density at radius 3 is 2.47 bits per heavy atom. The molecule has 0 bridgehead atoms. The molecule has 1 unspecified atom stereocenters. The van der Waals surface area contributed by atoms with E-state index < -0.39 is 0 Å². The Morgan fingerprint density at radius 2 is 1.94 bits per heavy atom. The summed E-state index contributed by atoms with van der Waals surface area (Å²) in [6, 6.07) is 12.3. The van der Waals surface area contributed by atoms with E-state index in [4.69, 9.17) is 16.0 Å². The van der Waals surface area contributed by atoms with Crippen LogP contribution < -0.4 is 5.32 Å². The Hall–Kier alpha value is -0.520. The topological polar surface area (TPSA) is 25.2 Å². The summed E-state index contributed by atoms with van der Waals surface area (Å²) in [5, 5.41) is 3.67. The second kappa shape index (κ2) is 5.89. The van der Waals surface area contributed by atoms with Gasteiger partial charge in [-0.1, -0.05) is 12.1 Å². The quantitative estimate of drug-likeness (QED) is 0.832. The molecule has 0 aliphatic carbocycles. The maximum Gasteiger partial charge on any atom is 0.193 e. The fraction of sp³-hybridized carbons (Fsp3) is 0.231. The van der Waals surface area contributed by atoms with Crippen LogP contribution in [0.15, 0.2) is 40.8 Å². The normalized spacial score (nSPS) is 12.6. The summed E-state index contributed by atoms with van der Waals surface area (Å²) in [5.41, 5.74) is 1.28. The molecule has 0 saturated carbocycles. The Morgan fingerprint density at radius 1 is 1.24 bits per heavy atom. The van der Waals surface area contributed by atoms with E-state index >= 15 is 0 Å². The third kappa shape index (κ3) is 3.47. The predicted molar refractivity (Wildman–Crippen MR) is 78.4 cm³/mol. The first-order chi connectivity index (χ1) is 8.19. The van der Waals surface area contributed by atoms with E-state index in [0.717, 1.165) is 12.2 Å². The van der Waals surface area contributed by atoms with Crippen molar-refractivity contribution in [3.8, 4) is 0 Å². The van der Waals surface area contributed by atoms with Crippen molar-refractivity contribution < 1.29 is 4.42 Å². The molecule has 0 saturated heterocycles. The molecule has 1 atom stereocenters. The van der Waals surface area contributed by atoms with Crippen LogP contribution in [-0.2, 0) is 6.42 Å². The summed E-state index contributed by atoms with van der Waals surface area (Å²) < 4.78 is 6.68. The molecule has 0 aliphatic rings. The Labute approximate surface area is 119 Å². The zero-order valence-electron chi connectivity index (χ0n) is 9.41. The van der Waals surface area contributed by atoms with E-state index in [2.05, 4.69) is 52.2 Å². The summed E-state index contributed by atoms with van der Waals surface area (Å²) in [7, 11) is 1.92. The maximum absolute atomic E-state index is 5.79. The largest absolute Gasteiger partial charge is 0.448 e. The van der Waals surface area contributed by atoms with Gasteiger partial charge in [0, 0.05) is 3.57 Å². The molecule has 2 rings (SSSR count). The first kappa shape index (κ1) is 12.9. The van der Waals surface area contributed by atoms with Crippen LogP contribution in [0.25, 0.3) is 0 Å². The zero-order valence-corrected chi connectivity index (χ0v) is 12.3. The van der Waals surface area contributed by atoms with E-state index in [1.54, 1.807) is 6.07 Å². The van der Waals surface area contributed by atoms with Crippen LogP contribution in [0.5, 0.6) is 0 Å². The van der Waals surface area contributed by atoms with Gasteiger partial charge in [-0.25, -0.2) is 0 Å². The van der Waals surface area contributed by atoms with E-state index in [9.17, 15) is 0 Å². The first-order valence-electron chi connectivity index (χ1n) is 5.36. The average molecular weight is 362 g/mol. The maximum atomic E-state index is 5.79. The van der Waals surface area contributed by atoms with Crippen molar-refractivity contribution in [1.82, 2.24) is 5.32 Å². The molecule has 2 nitrogen and oxygen atoms in total. The minimum Gasteiger partial charge on any atom is -0.448 e. The van der Waals surface area contributed by atoms with Gasteiger partial charge >= 0.3 is 0 Å². The van der Waals surface area contributed by atoms with Gasteiger partial charge in [0.05, 0.1) is 6.04 Å². The summed E-state index contributed by atoms with van der Waals surface area (Å²) in [4.78, 5) is 0. The van der Waals surface area contributed by atoms with Crippen LogP contribution in [0.3, 0.4) is 0 Å². The van der Waals surface area contributed by atoms with Crippen molar-refractivity contribution in [2.45, 2.75) is 12.5 Å². The lowest BCUT2D eigenvalue weighted by Gasteiger charge is -2.13. The summed E-state index contributed by atoms with van der Waals surface area (Å²) >= 11 is 8.09. The first-order valence-corrected chi connectivity index (χ1v) is 6.81. The number of hydrogen-bond donors (Lipinski definition) is 1. The number of benzene rings is 1. The fourth-order valence-electron chi connectivity index (χ4n) is 1.72. The molecule has 0 amide bonds. The highest BCUT2D eigenvalue weighted by atomic mass is 127. The second-order valence-electron chi connectivity index (χ2n) is 3.81. The Bertz CT molecular complexity index is 480. The molecule has 1 N–H and O–H groups in total. The minimum atomic E-state index is 0.155. The molecule has 90 valence electrons. The standard InChI is InChI=1S/C13H13ClINO/c1-16-11(12-6-7-13(14)17-12)8-9-2-4-10(15)5-3-9/h2-7,11,16H,8H2,1H3. The number of furan rings is 1. The van der Waals surface area contributed by atoms with Crippen LogP contribution in [0.2, 0.25) is 5.22 Å². The van der Waals surface area contributed by atoms with Crippen molar-refractivity contribution in [1.29, 1.82) is 0 Å². The van der Waals surface area contributed by atoms with Gasteiger partial charge in [-0.3, -0.25) is 0 Å². The second-order valence-corrected chi connectivity index (χ2v) is 5.43. The van der Waals surface area contributed by atoms with Crippen molar-refractivity contribution in [2.75, 3.05) is 7.05 Å². The van der Waals surface area contributed by atoms with Gasteiger partial charge in [0.25, 0.3) is 0 Å². The van der Waals surface area contributed by atoms with Gasteiger partial charge in [0.15, 0.2) is 5.22 Å². The molecule has 17 heavy (non-hydrogen) atoms. The van der Waals surface area contributed by atoms with Gasteiger partial charge in [0.1, 0.15) is 5.76 Å². The lowest BCUT2D eigenvalue weighted by molar-refractivity contribution is 0.430. The SMILES string of the molecule is CNC(Cc1ccc(I)cc1)c1ccc(Cl)o1. The van der Waals surface area contributed by atoms with Crippen LogP contribution in [0, 0.1) is 3.57 Å². The molecule has 1 aromatic heterocycles. The highest BCUT2D eigenvalue weighted by Gasteiger charge is 2.13. The van der Waals surface area contributed by atoms with E-state index in [-0.39, 0.29) is 6.04 Å². The predicted octanol–water partition coefficient (Wildman–Crippen LogP) is 4.04. The molecule has 0 aliphatic heterocycles. The third-order valence-corrected chi connectivity index (χ3v) is 3.56. The van der Waals surface area contributed by atoms with Crippen LogP contribution in [-0.4, -0.2) is 7.05 Å². The monoisotopic (exact) mass is 361 g/mol. The molecule has 1 heterocycles. The zero-order chi connectivity index (χ0) is 12.3. The smallest absolute Gasteiger partial charge is 0.193 e. The summed E-state index contributed by atoms with van der Waals surface area (Å²) in [6.07, 6.45) is 0.886.